The van der Waals surface area contributed by atoms with Gasteiger partial charge in [0.15, 0.2) is 5.16 Å². The van der Waals surface area contributed by atoms with Crippen molar-refractivity contribution in [1.82, 2.24) is 9.97 Å². The van der Waals surface area contributed by atoms with Crippen molar-refractivity contribution in [1.29, 1.82) is 0 Å². The van der Waals surface area contributed by atoms with Crippen LogP contribution >= 0.6 is 11.8 Å². The molecule has 2 heterocycles. The van der Waals surface area contributed by atoms with Gasteiger partial charge in [0.05, 0.1) is 0 Å². The Morgan fingerprint density at radius 2 is 2.29 bits per heavy atom. The Morgan fingerprint density at radius 3 is 3.00 bits per heavy atom. The summed E-state index contributed by atoms with van der Waals surface area (Å²) in [6, 6.07) is 2.44. The van der Waals surface area contributed by atoms with E-state index in [1.807, 2.05) is 12.3 Å². The molecule has 2 rings (SSSR count). The molecule has 1 aliphatic heterocycles. The zero-order valence-electron chi connectivity index (χ0n) is 13.0. The molecule has 21 heavy (non-hydrogen) atoms. The number of nitrogens with one attached hydrogen (secondary N) is 1. The molecular weight excluding hydrogens is 284 g/mol. The maximum absolute atomic E-state index is 9.28. The van der Waals surface area contributed by atoms with E-state index < -0.39 is 0 Å². The first-order valence-electron chi connectivity index (χ1n) is 7.83. The van der Waals surface area contributed by atoms with Crippen LogP contribution in [-0.2, 0) is 0 Å². The molecule has 1 unspecified atom stereocenters. The van der Waals surface area contributed by atoms with Crippen molar-refractivity contribution in [3.05, 3.63) is 6.07 Å². The minimum Gasteiger partial charge on any atom is -0.396 e. The van der Waals surface area contributed by atoms with Crippen molar-refractivity contribution in [2.45, 2.75) is 50.2 Å². The largest absolute Gasteiger partial charge is 0.396 e. The third-order valence-corrected chi connectivity index (χ3v) is 4.36. The minimum absolute atomic E-state index is 0.239. The molecule has 1 aliphatic rings. The normalized spacial score (nSPS) is 18.8. The van der Waals surface area contributed by atoms with Gasteiger partial charge in [-0.2, -0.15) is 0 Å². The van der Waals surface area contributed by atoms with E-state index in [0.29, 0.717) is 6.04 Å². The van der Waals surface area contributed by atoms with Gasteiger partial charge in [0.2, 0.25) is 0 Å². The lowest BCUT2D eigenvalue weighted by Crippen LogP contribution is -2.40. The predicted octanol–water partition coefficient (Wildman–Crippen LogP) is 2.76. The molecule has 5 nitrogen and oxygen atoms in total. The molecule has 0 aromatic carbocycles. The maximum atomic E-state index is 9.28. The van der Waals surface area contributed by atoms with Crippen LogP contribution in [0, 0.1) is 0 Å². The van der Waals surface area contributed by atoms with Crippen molar-refractivity contribution in [3.63, 3.8) is 0 Å². The standard InChI is InChI=1S/C15H26N4OS/c1-3-8-16-13-11-14(18-15(17-13)21-2)19-9-5-4-6-12(19)7-10-20/h11-12,20H,3-10H2,1-2H3,(H,16,17,18). The number of aliphatic hydroxyl groups excluding tert-OH is 1. The molecule has 0 amide bonds. The van der Waals surface area contributed by atoms with Crippen LogP contribution in [0.4, 0.5) is 11.6 Å². The third kappa shape index (κ3) is 4.48. The van der Waals surface area contributed by atoms with E-state index in [1.165, 1.54) is 12.8 Å². The monoisotopic (exact) mass is 310 g/mol. The number of anilines is 2. The summed E-state index contributed by atoms with van der Waals surface area (Å²) in [6.45, 7) is 4.32. The lowest BCUT2D eigenvalue weighted by molar-refractivity contribution is 0.262. The van der Waals surface area contributed by atoms with Gasteiger partial charge in [0, 0.05) is 31.8 Å². The van der Waals surface area contributed by atoms with Crippen LogP contribution in [-0.4, -0.2) is 47.1 Å². The topological polar surface area (TPSA) is 61.3 Å². The highest BCUT2D eigenvalue weighted by Crippen LogP contribution is 2.28. The van der Waals surface area contributed by atoms with Crippen LogP contribution in [0.25, 0.3) is 0 Å². The van der Waals surface area contributed by atoms with E-state index in [0.717, 1.165) is 49.1 Å². The molecule has 118 valence electrons. The number of rotatable bonds is 7. The van der Waals surface area contributed by atoms with Gasteiger partial charge in [-0.1, -0.05) is 18.7 Å². The lowest BCUT2D eigenvalue weighted by atomic mass is 10.00. The fraction of sp³-hybridized carbons (Fsp3) is 0.733. The Kier molecular flexibility index (Phi) is 6.57. The number of aromatic nitrogens is 2. The Morgan fingerprint density at radius 1 is 1.43 bits per heavy atom. The van der Waals surface area contributed by atoms with Crippen LogP contribution in [0.2, 0.25) is 0 Å². The minimum atomic E-state index is 0.239. The fourth-order valence-corrected chi connectivity index (χ4v) is 3.12. The molecule has 1 atom stereocenters. The molecule has 6 heteroatoms. The zero-order chi connectivity index (χ0) is 15.1. The van der Waals surface area contributed by atoms with Crippen LogP contribution in [0.1, 0.15) is 39.0 Å². The average Bonchev–Trinajstić information content (AvgIpc) is 2.53. The SMILES string of the molecule is CCCNc1cc(N2CCCCC2CCO)nc(SC)n1. The van der Waals surface area contributed by atoms with Crippen molar-refractivity contribution in [2.75, 3.05) is 36.2 Å². The van der Waals surface area contributed by atoms with E-state index in [1.54, 1.807) is 11.8 Å². The molecule has 1 aromatic heterocycles. The van der Waals surface area contributed by atoms with Crippen molar-refractivity contribution in [3.8, 4) is 0 Å². The number of piperidine rings is 1. The summed E-state index contributed by atoms with van der Waals surface area (Å²) in [7, 11) is 0. The van der Waals surface area contributed by atoms with Crippen molar-refractivity contribution in [2.24, 2.45) is 0 Å². The first-order valence-corrected chi connectivity index (χ1v) is 9.05. The second-order valence-corrected chi connectivity index (χ2v) is 6.15. The van der Waals surface area contributed by atoms with E-state index in [9.17, 15) is 5.11 Å². The summed E-state index contributed by atoms with van der Waals surface area (Å²) in [5.41, 5.74) is 0. The molecule has 1 saturated heterocycles. The summed E-state index contributed by atoms with van der Waals surface area (Å²) in [4.78, 5) is 11.5. The Labute approximate surface area is 131 Å². The molecular formula is C15H26N4OS. The van der Waals surface area contributed by atoms with Crippen LogP contribution in [0.15, 0.2) is 11.2 Å². The van der Waals surface area contributed by atoms with Gasteiger partial charge in [-0.15, -0.1) is 0 Å². The van der Waals surface area contributed by atoms with Crippen LogP contribution < -0.4 is 10.2 Å². The highest BCUT2D eigenvalue weighted by Gasteiger charge is 2.24. The lowest BCUT2D eigenvalue weighted by Gasteiger charge is -2.36. The quantitative estimate of drug-likeness (QED) is 0.596. The molecule has 0 bridgehead atoms. The van der Waals surface area contributed by atoms with Gasteiger partial charge >= 0.3 is 0 Å². The first kappa shape index (κ1) is 16.4. The highest BCUT2D eigenvalue weighted by molar-refractivity contribution is 7.98. The summed E-state index contributed by atoms with van der Waals surface area (Å²) < 4.78 is 0. The molecule has 2 N–H and O–H groups in total. The molecule has 1 fully saturated rings. The number of aliphatic hydroxyl groups is 1. The summed E-state index contributed by atoms with van der Waals surface area (Å²) in [6.07, 6.45) is 7.46. The molecule has 0 radical (unpaired) electrons. The highest BCUT2D eigenvalue weighted by atomic mass is 32.2. The van der Waals surface area contributed by atoms with Crippen LogP contribution in [0.5, 0.6) is 0 Å². The Bertz CT molecular complexity index is 442. The Hall–Kier alpha value is -1.01. The first-order chi connectivity index (χ1) is 10.3. The molecule has 0 aliphatic carbocycles. The fourth-order valence-electron chi connectivity index (χ4n) is 2.75. The van der Waals surface area contributed by atoms with Crippen LogP contribution in [0.3, 0.4) is 0 Å². The average molecular weight is 310 g/mol. The van der Waals surface area contributed by atoms with Gasteiger partial charge in [-0.05, 0) is 38.4 Å². The zero-order valence-corrected chi connectivity index (χ0v) is 13.8. The summed E-state index contributed by atoms with van der Waals surface area (Å²) in [5.74, 6) is 1.89. The second kappa shape index (κ2) is 8.44. The molecule has 1 aromatic rings. The second-order valence-electron chi connectivity index (χ2n) is 5.38. The van der Waals surface area contributed by atoms with Gasteiger partial charge < -0.3 is 15.3 Å². The van der Waals surface area contributed by atoms with E-state index in [4.69, 9.17) is 0 Å². The van der Waals surface area contributed by atoms with E-state index in [2.05, 4.69) is 27.1 Å². The predicted molar refractivity (Wildman–Crippen MR) is 89.3 cm³/mol. The van der Waals surface area contributed by atoms with Gasteiger partial charge in [0.1, 0.15) is 11.6 Å². The number of thioether (sulfide) groups is 1. The van der Waals surface area contributed by atoms with Gasteiger partial charge in [-0.25, -0.2) is 9.97 Å². The number of hydrogen-bond acceptors (Lipinski definition) is 6. The molecule has 0 saturated carbocycles. The summed E-state index contributed by atoms with van der Waals surface area (Å²) in [5, 5.41) is 13.4. The smallest absolute Gasteiger partial charge is 0.191 e. The van der Waals surface area contributed by atoms with Crippen molar-refractivity contribution >= 4 is 23.4 Å². The summed E-state index contributed by atoms with van der Waals surface area (Å²) >= 11 is 1.57. The van der Waals surface area contributed by atoms with E-state index >= 15 is 0 Å². The number of hydrogen-bond donors (Lipinski definition) is 2. The maximum Gasteiger partial charge on any atom is 0.191 e. The third-order valence-electron chi connectivity index (χ3n) is 3.81. The number of nitrogens with zero attached hydrogens (tertiary/aromatic N) is 3. The van der Waals surface area contributed by atoms with Gasteiger partial charge in [-0.3, -0.25) is 0 Å². The van der Waals surface area contributed by atoms with Gasteiger partial charge in [0.25, 0.3) is 0 Å². The molecule has 0 spiro atoms. The Balaban J connectivity index is 2.22. The van der Waals surface area contributed by atoms with Crippen molar-refractivity contribution < 1.29 is 5.11 Å². The van der Waals surface area contributed by atoms with E-state index in [-0.39, 0.29) is 6.61 Å².